The summed E-state index contributed by atoms with van der Waals surface area (Å²) in [5, 5.41) is 3.50. The highest BCUT2D eigenvalue weighted by Gasteiger charge is 2.08. The van der Waals surface area contributed by atoms with Gasteiger partial charge >= 0.3 is 0 Å². The van der Waals surface area contributed by atoms with E-state index >= 15 is 0 Å². The van der Waals surface area contributed by atoms with Gasteiger partial charge in [0.05, 0.1) is 0 Å². The fourth-order valence-electron chi connectivity index (χ4n) is 1.36. The van der Waals surface area contributed by atoms with Gasteiger partial charge in [-0.15, -0.1) is 11.3 Å². The number of halogens is 2. The molecule has 0 bridgehead atoms. The highest BCUT2D eigenvalue weighted by Crippen LogP contribution is 2.35. The van der Waals surface area contributed by atoms with Crippen molar-refractivity contribution in [3.63, 3.8) is 0 Å². The van der Waals surface area contributed by atoms with Crippen molar-refractivity contribution >= 4 is 59.9 Å². The standard InChI is InChI=1S/C10H8BrIS/c1-2-6-5-7-3-4-13-10(7)8(11)9(6)12/h3-5H,2H2,1H3. The maximum Gasteiger partial charge on any atom is 0.0495 e. The van der Waals surface area contributed by atoms with E-state index in [4.69, 9.17) is 0 Å². The van der Waals surface area contributed by atoms with Crippen molar-refractivity contribution in [2.75, 3.05) is 0 Å². The van der Waals surface area contributed by atoms with Gasteiger partial charge in [-0.3, -0.25) is 0 Å². The quantitative estimate of drug-likeness (QED) is 0.634. The molecular formula is C10H8BrIS. The van der Waals surface area contributed by atoms with Crippen LogP contribution in [-0.4, -0.2) is 0 Å². The zero-order valence-electron chi connectivity index (χ0n) is 7.10. The Kier molecular flexibility index (Phi) is 2.95. The Hall–Kier alpha value is 0.390. The van der Waals surface area contributed by atoms with Crippen molar-refractivity contribution in [2.45, 2.75) is 13.3 Å². The second kappa shape index (κ2) is 3.87. The van der Waals surface area contributed by atoms with Gasteiger partial charge in [-0.25, -0.2) is 0 Å². The van der Waals surface area contributed by atoms with Gasteiger partial charge in [-0.2, -0.15) is 0 Å². The summed E-state index contributed by atoms with van der Waals surface area (Å²) in [4.78, 5) is 0. The fourth-order valence-corrected chi connectivity index (χ4v) is 3.93. The van der Waals surface area contributed by atoms with Gasteiger partial charge in [0, 0.05) is 12.7 Å². The molecule has 0 aliphatic heterocycles. The van der Waals surface area contributed by atoms with Crippen LogP contribution in [0.4, 0.5) is 0 Å². The van der Waals surface area contributed by atoms with E-state index in [1.807, 2.05) is 0 Å². The first-order chi connectivity index (χ1) is 6.24. The Labute approximate surface area is 104 Å². The number of aryl methyl sites for hydroxylation is 1. The SMILES string of the molecule is CCc1cc2ccsc2c(Br)c1I. The topological polar surface area (TPSA) is 0 Å². The van der Waals surface area contributed by atoms with Crippen molar-refractivity contribution in [3.05, 3.63) is 31.1 Å². The number of hydrogen-bond acceptors (Lipinski definition) is 1. The highest BCUT2D eigenvalue weighted by molar-refractivity contribution is 14.1. The molecule has 0 spiro atoms. The van der Waals surface area contributed by atoms with Crippen molar-refractivity contribution in [1.29, 1.82) is 0 Å². The molecule has 0 unspecified atom stereocenters. The van der Waals surface area contributed by atoms with Crippen LogP contribution in [0.15, 0.2) is 22.0 Å². The Morgan fingerprint density at radius 2 is 2.31 bits per heavy atom. The van der Waals surface area contributed by atoms with Crippen LogP contribution in [0.2, 0.25) is 0 Å². The van der Waals surface area contributed by atoms with Crippen LogP contribution < -0.4 is 0 Å². The van der Waals surface area contributed by atoms with E-state index in [1.165, 1.54) is 23.7 Å². The molecule has 13 heavy (non-hydrogen) atoms. The molecule has 0 saturated carbocycles. The average molecular weight is 367 g/mol. The Morgan fingerprint density at radius 3 is 3.00 bits per heavy atom. The first-order valence-electron chi connectivity index (χ1n) is 4.08. The summed E-state index contributed by atoms with van der Waals surface area (Å²) in [5.41, 5.74) is 1.43. The molecule has 68 valence electrons. The van der Waals surface area contributed by atoms with Crippen molar-refractivity contribution in [1.82, 2.24) is 0 Å². The molecule has 1 aromatic heterocycles. The van der Waals surface area contributed by atoms with Gasteiger partial charge in [-0.05, 0) is 73.4 Å². The van der Waals surface area contributed by atoms with Crippen LogP contribution in [0.1, 0.15) is 12.5 Å². The minimum atomic E-state index is 1.10. The molecule has 0 atom stereocenters. The van der Waals surface area contributed by atoms with Crippen LogP contribution in [0.5, 0.6) is 0 Å². The summed E-state index contributed by atoms with van der Waals surface area (Å²) in [6, 6.07) is 4.47. The Balaban J connectivity index is 2.83. The van der Waals surface area contributed by atoms with Gasteiger partial charge in [0.15, 0.2) is 0 Å². The molecule has 1 heterocycles. The smallest absolute Gasteiger partial charge is 0.0495 e. The second-order valence-electron chi connectivity index (χ2n) is 2.86. The molecule has 0 amide bonds. The molecule has 0 fully saturated rings. The van der Waals surface area contributed by atoms with E-state index < -0.39 is 0 Å². The van der Waals surface area contributed by atoms with Crippen molar-refractivity contribution in [3.8, 4) is 0 Å². The molecule has 0 radical (unpaired) electrons. The summed E-state index contributed by atoms with van der Waals surface area (Å²) in [6.07, 6.45) is 1.10. The molecule has 0 N–H and O–H groups in total. The predicted molar refractivity (Wildman–Crippen MR) is 71.6 cm³/mol. The second-order valence-corrected chi connectivity index (χ2v) is 5.64. The molecule has 0 aliphatic carbocycles. The largest absolute Gasteiger partial charge is 0.143 e. The minimum Gasteiger partial charge on any atom is -0.143 e. The van der Waals surface area contributed by atoms with Crippen molar-refractivity contribution in [2.24, 2.45) is 0 Å². The summed E-state index contributed by atoms with van der Waals surface area (Å²) in [7, 11) is 0. The van der Waals surface area contributed by atoms with E-state index in [0.717, 1.165) is 6.42 Å². The van der Waals surface area contributed by atoms with E-state index in [-0.39, 0.29) is 0 Å². The number of rotatable bonds is 1. The average Bonchev–Trinajstić information content (AvgIpc) is 2.59. The molecular weight excluding hydrogens is 359 g/mol. The Morgan fingerprint density at radius 1 is 1.54 bits per heavy atom. The molecule has 2 aromatic rings. The third-order valence-electron chi connectivity index (χ3n) is 2.08. The monoisotopic (exact) mass is 366 g/mol. The van der Waals surface area contributed by atoms with E-state index in [9.17, 15) is 0 Å². The third kappa shape index (κ3) is 1.66. The van der Waals surface area contributed by atoms with E-state index in [0.29, 0.717) is 0 Å². The van der Waals surface area contributed by atoms with Gasteiger partial charge in [0.2, 0.25) is 0 Å². The lowest BCUT2D eigenvalue weighted by molar-refractivity contribution is 1.13. The van der Waals surface area contributed by atoms with Crippen LogP contribution in [0, 0.1) is 3.57 Å². The summed E-state index contributed by atoms with van der Waals surface area (Å²) in [6.45, 7) is 2.20. The van der Waals surface area contributed by atoms with E-state index in [2.05, 4.69) is 63.0 Å². The van der Waals surface area contributed by atoms with Crippen LogP contribution in [-0.2, 0) is 6.42 Å². The molecule has 2 rings (SSSR count). The molecule has 0 saturated heterocycles. The van der Waals surface area contributed by atoms with E-state index in [1.54, 1.807) is 11.3 Å². The number of fused-ring (bicyclic) bond motifs is 1. The minimum absolute atomic E-state index is 1.10. The van der Waals surface area contributed by atoms with Crippen molar-refractivity contribution < 1.29 is 0 Å². The highest BCUT2D eigenvalue weighted by atomic mass is 127. The molecule has 1 aromatic carbocycles. The molecule has 3 heteroatoms. The molecule has 0 aliphatic rings. The lowest BCUT2D eigenvalue weighted by atomic mass is 10.1. The first kappa shape index (κ1) is 9.93. The lowest BCUT2D eigenvalue weighted by Gasteiger charge is -2.04. The van der Waals surface area contributed by atoms with Gasteiger partial charge in [-0.1, -0.05) is 6.92 Å². The maximum atomic E-state index is 3.65. The van der Waals surface area contributed by atoms with Crippen LogP contribution in [0.3, 0.4) is 0 Å². The predicted octanol–water partition coefficient (Wildman–Crippen LogP) is 4.83. The summed E-state index contributed by atoms with van der Waals surface area (Å²) in [5.74, 6) is 0. The lowest BCUT2D eigenvalue weighted by Crippen LogP contribution is -1.86. The van der Waals surface area contributed by atoms with Gasteiger partial charge in [0.25, 0.3) is 0 Å². The number of benzene rings is 1. The maximum absolute atomic E-state index is 3.65. The summed E-state index contributed by atoms with van der Waals surface area (Å²) >= 11 is 7.86. The fraction of sp³-hybridized carbons (Fsp3) is 0.200. The zero-order chi connectivity index (χ0) is 9.42. The number of thiophene rings is 1. The Bertz CT molecular complexity index is 447. The third-order valence-corrected chi connectivity index (χ3v) is 6.06. The first-order valence-corrected chi connectivity index (χ1v) is 6.83. The molecule has 0 nitrogen and oxygen atoms in total. The summed E-state index contributed by atoms with van der Waals surface area (Å²) < 4.78 is 3.98. The normalized spacial score (nSPS) is 11.0. The van der Waals surface area contributed by atoms with Crippen LogP contribution >= 0.6 is 49.9 Å². The van der Waals surface area contributed by atoms with Gasteiger partial charge in [0.1, 0.15) is 0 Å². The van der Waals surface area contributed by atoms with Crippen LogP contribution in [0.25, 0.3) is 10.1 Å². The van der Waals surface area contributed by atoms with Gasteiger partial charge < -0.3 is 0 Å². The zero-order valence-corrected chi connectivity index (χ0v) is 11.7. The number of hydrogen-bond donors (Lipinski definition) is 0.